The molecule has 21 heavy (non-hydrogen) atoms. The Hall–Kier alpha value is -2.15. The number of pyridine rings is 1. The fraction of sp³-hybridized carbons (Fsp3) is 0.357. The summed E-state index contributed by atoms with van der Waals surface area (Å²) in [6.07, 6.45) is 0. The SMILES string of the molecule is CCNc1cc([N+](=O)[O-])cc(NCc2cc(C)c(C)s2)n1. The standard InChI is InChI=1S/C14H18N4O2S/c1-4-15-13-6-11(18(19)20)7-14(17-13)16-8-12-5-9(2)10(3)21-12/h5-7H,4,8H2,1-3H3,(H2,15,16,17). The smallest absolute Gasteiger partial charge is 0.276 e. The van der Waals surface area contributed by atoms with Crippen LogP contribution in [0.5, 0.6) is 0 Å². The molecule has 6 nitrogen and oxygen atoms in total. The molecular weight excluding hydrogens is 288 g/mol. The minimum Gasteiger partial charge on any atom is -0.370 e. The fourth-order valence-electron chi connectivity index (χ4n) is 1.90. The summed E-state index contributed by atoms with van der Waals surface area (Å²) < 4.78 is 0. The van der Waals surface area contributed by atoms with Crippen molar-refractivity contribution in [2.45, 2.75) is 27.3 Å². The van der Waals surface area contributed by atoms with Gasteiger partial charge in [-0.1, -0.05) is 0 Å². The molecule has 0 aliphatic rings. The maximum Gasteiger partial charge on any atom is 0.276 e. The van der Waals surface area contributed by atoms with Crippen molar-refractivity contribution < 1.29 is 4.92 Å². The quantitative estimate of drug-likeness (QED) is 0.628. The van der Waals surface area contributed by atoms with Crippen molar-refractivity contribution in [1.29, 1.82) is 0 Å². The molecule has 0 fully saturated rings. The zero-order valence-electron chi connectivity index (χ0n) is 12.3. The minimum absolute atomic E-state index is 0.0296. The number of aryl methyl sites for hydroxylation is 2. The first-order valence-corrected chi connectivity index (χ1v) is 7.51. The van der Waals surface area contributed by atoms with E-state index >= 15 is 0 Å². The number of nitrogens with zero attached hydrogens (tertiary/aromatic N) is 2. The van der Waals surface area contributed by atoms with Crippen LogP contribution in [0, 0.1) is 24.0 Å². The second-order valence-electron chi connectivity index (χ2n) is 4.69. The Morgan fingerprint density at radius 3 is 2.43 bits per heavy atom. The highest BCUT2D eigenvalue weighted by atomic mass is 32.1. The maximum absolute atomic E-state index is 11.0. The van der Waals surface area contributed by atoms with Crippen molar-refractivity contribution in [2.24, 2.45) is 0 Å². The first-order valence-electron chi connectivity index (χ1n) is 6.69. The first-order chi connectivity index (χ1) is 9.99. The van der Waals surface area contributed by atoms with Crippen LogP contribution in [0.1, 0.15) is 22.2 Å². The van der Waals surface area contributed by atoms with Gasteiger partial charge in [-0.2, -0.15) is 0 Å². The van der Waals surface area contributed by atoms with Crippen LogP contribution in [-0.2, 0) is 6.54 Å². The average Bonchev–Trinajstić information content (AvgIpc) is 2.76. The second kappa shape index (κ2) is 6.53. The Morgan fingerprint density at radius 2 is 1.90 bits per heavy atom. The van der Waals surface area contributed by atoms with Gasteiger partial charge in [0.1, 0.15) is 11.6 Å². The number of anilines is 2. The minimum atomic E-state index is -0.410. The number of nitro groups is 1. The van der Waals surface area contributed by atoms with E-state index < -0.39 is 4.92 Å². The summed E-state index contributed by atoms with van der Waals surface area (Å²) in [6.45, 7) is 7.35. The molecule has 112 valence electrons. The molecule has 2 heterocycles. The molecule has 7 heteroatoms. The molecule has 0 aromatic carbocycles. The van der Waals surface area contributed by atoms with Crippen molar-refractivity contribution in [3.8, 4) is 0 Å². The lowest BCUT2D eigenvalue weighted by Crippen LogP contribution is -2.05. The van der Waals surface area contributed by atoms with E-state index in [1.54, 1.807) is 11.3 Å². The summed E-state index contributed by atoms with van der Waals surface area (Å²) in [5, 5.41) is 17.1. The molecule has 2 aromatic rings. The van der Waals surface area contributed by atoms with E-state index in [0.717, 1.165) is 0 Å². The van der Waals surface area contributed by atoms with Crippen molar-refractivity contribution in [3.63, 3.8) is 0 Å². The number of aromatic nitrogens is 1. The van der Waals surface area contributed by atoms with Gasteiger partial charge in [-0.15, -0.1) is 11.3 Å². The Morgan fingerprint density at radius 1 is 1.24 bits per heavy atom. The first kappa shape index (κ1) is 15.2. The highest BCUT2D eigenvalue weighted by Gasteiger charge is 2.11. The van der Waals surface area contributed by atoms with Crippen LogP contribution < -0.4 is 10.6 Å². The zero-order valence-corrected chi connectivity index (χ0v) is 13.1. The van der Waals surface area contributed by atoms with Gasteiger partial charge in [0.05, 0.1) is 23.6 Å². The molecule has 0 saturated carbocycles. The third kappa shape index (κ3) is 3.91. The van der Waals surface area contributed by atoms with Crippen molar-refractivity contribution in [2.75, 3.05) is 17.2 Å². The number of thiophene rings is 1. The summed E-state index contributed by atoms with van der Waals surface area (Å²) in [7, 11) is 0. The van der Waals surface area contributed by atoms with E-state index in [0.29, 0.717) is 24.7 Å². The van der Waals surface area contributed by atoms with Crippen LogP contribution in [0.2, 0.25) is 0 Å². The van der Waals surface area contributed by atoms with Gasteiger partial charge in [0.25, 0.3) is 5.69 Å². The second-order valence-corrected chi connectivity index (χ2v) is 6.03. The monoisotopic (exact) mass is 306 g/mol. The molecule has 0 atom stereocenters. The molecule has 2 aromatic heterocycles. The fourth-order valence-corrected chi connectivity index (χ4v) is 2.89. The van der Waals surface area contributed by atoms with E-state index in [9.17, 15) is 10.1 Å². The predicted octanol–water partition coefficient (Wildman–Crippen LogP) is 3.71. The molecule has 0 saturated heterocycles. The molecule has 0 amide bonds. The third-order valence-electron chi connectivity index (χ3n) is 3.04. The lowest BCUT2D eigenvalue weighted by atomic mass is 10.3. The Labute approximate surface area is 127 Å². The van der Waals surface area contributed by atoms with Gasteiger partial charge in [0.2, 0.25) is 0 Å². The Kier molecular flexibility index (Phi) is 4.74. The van der Waals surface area contributed by atoms with Crippen LogP contribution >= 0.6 is 11.3 Å². The highest BCUT2D eigenvalue weighted by Crippen LogP contribution is 2.24. The topological polar surface area (TPSA) is 80.1 Å². The van der Waals surface area contributed by atoms with E-state index in [-0.39, 0.29) is 5.69 Å². The van der Waals surface area contributed by atoms with Crippen molar-refractivity contribution in [1.82, 2.24) is 4.98 Å². The van der Waals surface area contributed by atoms with Gasteiger partial charge >= 0.3 is 0 Å². The molecule has 0 aliphatic carbocycles. The molecule has 2 N–H and O–H groups in total. The molecule has 0 unspecified atom stereocenters. The van der Waals surface area contributed by atoms with Gasteiger partial charge in [-0.3, -0.25) is 10.1 Å². The van der Waals surface area contributed by atoms with Gasteiger partial charge in [0, 0.05) is 16.3 Å². The van der Waals surface area contributed by atoms with Crippen molar-refractivity contribution >= 4 is 28.7 Å². The molecule has 0 bridgehead atoms. The molecular formula is C14H18N4O2S. The molecule has 0 spiro atoms. The zero-order chi connectivity index (χ0) is 15.4. The molecule has 2 rings (SSSR count). The van der Waals surface area contributed by atoms with Gasteiger partial charge in [-0.25, -0.2) is 4.98 Å². The summed E-state index contributed by atoms with van der Waals surface area (Å²) in [5.41, 5.74) is 1.29. The summed E-state index contributed by atoms with van der Waals surface area (Å²) in [4.78, 5) is 17.3. The summed E-state index contributed by atoms with van der Waals surface area (Å²) in [6, 6.07) is 5.01. The van der Waals surface area contributed by atoms with Gasteiger partial charge < -0.3 is 10.6 Å². The number of rotatable bonds is 6. The number of nitrogens with one attached hydrogen (secondary N) is 2. The van der Waals surface area contributed by atoms with Crippen LogP contribution in [0.25, 0.3) is 0 Å². The van der Waals surface area contributed by atoms with E-state index in [4.69, 9.17) is 0 Å². The number of hydrogen-bond acceptors (Lipinski definition) is 6. The summed E-state index contributed by atoms with van der Waals surface area (Å²) in [5.74, 6) is 1.01. The van der Waals surface area contributed by atoms with E-state index in [1.807, 2.05) is 6.92 Å². The maximum atomic E-state index is 11.0. The van der Waals surface area contributed by atoms with Crippen molar-refractivity contribution in [3.05, 3.63) is 43.6 Å². The average molecular weight is 306 g/mol. The molecule has 0 radical (unpaired) electrons. The van der Waals surface area contributed by atoms with E-state index in [1.165, 1.54) is 27.5 Å². The van der Waals surface area contributed by atoms with Crippen LogP contribution in [0.15, 0.2) is 18.2 Å². The largest absolute Gasteiger partial charge is 0.370 e. The number of hydrogen-bond donors (Lipinski definition) is 2. The highest BCUT2D eigenvalue weighted by molar-refractivity contribution is 7.12. The predicted molar refractivity (Wildman–Crippen MR) is 86.2 cm³/mol. The summed E-state index contributed by atoms with van der Waals surface area (Å²) >= 11 is 1.72. The molecule has 0 aliphatic heterocycles. The van der Waals surface area contributed by atoms with Crippen LogP contribution in [0.3, 0.4) is 0 Å². The third-order valence-corrected chi connectivity index (χ3v) is 4.19. The normalized spacial score (nSPS) is 10.4. The van der Waals surface area contributed by atoms with Crippen LogP contribution in [0.4, 0.5) is 17.3 Å². The Bertz CT molecular complexity index is 635. The van der Waals surface area contributed by atoms with Crippen LogP contribution in [-0.4, -0.2) is 16.5 Å². The lowest BCUT2D eigenvalue weighted by molar-refractivity contribution is -0.384. The van der Waals surface area contributed by atoms with Gasteiger partial charge in [-0.05, 0) is 32.4 Å². The Balaban J connectivity index is 2.16. The van der Waals surface area contributed by atoms with E-state index in [2.05, 4.69) is 35.5 Å². The lowest BCUT2D eigenvalue weighted by Gasteiger charge is -2.07. The van der Waals surface area contributed by atoms with Gasteiger partial charge in [0.15, 0.2) is 0 Å².